The molecule has 20 atom stereocenters. The van der Waals surface area contributed by atoms with Crippen LogP contribution in [-0.4, -0.2) is 375 Å². The number of rotatable bonds is 21. The SMILES string of the molecule is C=P(C)(C)CC[C@H]1O[C@@H](n2c(=S)[nH]c3c(=O)[nH]c(C)nc32)[C@H](O)[C@@H]1O.C=P(C)(C)CC[C@H]1O[C@@H](n2c(Br)nc3c(=O)[nH]c(C)nc32)[C@H](O)[C@@H]1O.C=P(C)(C)CC[C@H]1O[C@@H](n2c(Cl)nc3c(=O)[nH]c(C)nc32)[C@H](O)[C@@H]1O.C=P(C)(C)CC[C@H]1O[C@@H](n2c(I)nc3c(=O)[nH]c(C)nc32)[C@H](O)[C@@H]1O.C=P(C)(C)CC[C@H]1O[C@@H](n2c(SC)nc3c(=O)[nH]c(N)nc32)[C@H](O)[C@@H]1O. The quantitative estimate of drug-likeness (QED) is 0.0161. The zero-order valence-corrected chi connectivity index (χ0v) is 82.8. The molecule has 0 aromatic carbocycles. The van der Waals surface area contributed by atoms with Gasteiger partial charge in [-0.25, -0.2) is 39.9 Å². The van der Waals surface area contributed by atoms with E-state index in [0.29, 0.717) is 86.1 Å². The van der Waals surface area contributed by atoms with E-state index < -0.39 is 168 Å². The number of H-pyrrole nitrogens is 6. The van der Waals surface area contributed by atoms with Crippen LogP contribution in [0, 0.1) is 36.3 Å². The minimum absolute atomic E-state index is 0.0273. The van der Waals surface area contributed by atoms with Crippen LogP contribution in [0.3, 0.4) is 0 Å². The maximum absolute atomic E-state index is 12.1. The third kappa shape index (κ3) is 23.0. The van der Waals surface area contributed by atoms with E-state index in [-0.39, 0.29) is 71.6 Å². The van der Waals surface area contributed by atoms with E-state index in [1.54, 1.807) is 38.5 Å². The fourth-order valence-corrected chi connectivity index (χ4v) is 22.1. The number of hydrogen-bond donors (Lipinski definition) is 17. The van der Waals surface area contributed by atoms with Crippen LogP contribution in [0.5, 0.6) is 0 Å². The molecule has 15 rings (SSSR count). The molecule has 5 fully saturated rings. The summed E-state index contributed by atoms with van der Waals surface area (Å²) in [6, 6.07) is 0. The number of aliphatic hydroxyl groups is 10. The Morgan fingerprint density at radius 3 is 1.06 bits per heavy atom. The minimum atomic E-state index is -1.28. The summed E-state index contributed by atoms with van der Waals surface area (Å²) in [6.07, 6.45) is 11.7. The van der Waals surface area contributed by atoms with Crippen molar-refractivity contribution in [3.05, 3.63) is 93.7 Å². The fraction of sp³-hybridized carbons (Fsp3) is 0.600. The number of fused-ring (bicyclic) bond motifs is 5. The number of nitrogen functional groups attached to an aromatic ring is 1. The Kier molecular flexibility index (Phi) is 31.9. The Morgan fingerprint density at radius 1 is 0.405 bits per heavy atom. The number of halogens is 3. The number of nitrogens with one attached hydrogen (secondary N) is 6. The largest absolute Gasteiger partial charge is 0.388 e. The van der Waals surface area contributed by atoms with Gasteiger partial charge in [0.15, 0.2) is 105 Å². The number of anilines is 1. The number of imidazole rings is 5. The molecule has 0 amide bonds. The molecule has 0 radical (unpaired) electrons. The van der Waals surface area contributed by atoms with Crippen LogP contribution in [-0.2, 0) is 23.7 Å². The Hall–Kier alpha value is -5.48. The molecule has 10 aromatic heterocycles. The van der Waals surface area contributed by atoms with Gasteiger partial charge in [0, 0.05) is 22.6 Å². The van der Waals surface area contributed by atoms with Gasteiger partial charge in [-0.2, -0.15) is 4.98 Å². The summed E-state index contributed by atoms with van der Waals surface area (Å²) in [6.45, 7) is 21.4. The summed E-state index contributed by atoms with van der Waals surface area (Å²) in [5, 5.41) is 105. The molecule has 0 saturated carbocycles. The highest BCUT2D eigenvalue weighted by atomic mass is 127. The Labute approximate surface area is 759 Å². The minimum Gasteiger partial charge on any atom is -0.388 e. The lowest BCUT2D eigenvalue weighted by molar-refractivity contribution is -0.0400. The Balaban J connectivity index is 0.000000153. The van der Waals surface area contributed by atoms with Gasteiger partial charge in [0.2, 0.25) is 11.2 Å². The zero-order chi connectivity index (χ0) is 93.3. The molecule has 5 aliphatic rings. The number of aliphatic hydroxyl groups excluding tert-OH is 10. The standard InChI is InChI=1S/C15H22BrN4O4P.C15H22ClN4O4P.C15H22IN4O4P.C15H24N5O4PS.C15H23N4O4PS/c3*1-7-17-12-9(13(23)18-7)19-15(16)20(12)14-11(22)10(21)8(24-14)5-6-25(2,3)4;1-25(2,3)6-5-7-9(21)10(22)13(24-7)20-11-8(17-15(20)26-4)12(23)19-14(16)18-11;1-7-16-12-9(13(22)17-7)18-15(25)19(12)14-11(21)10(20)8(23-14)5-6-24(2,3)4/h3*8,10-11,14,21-22H,2,5-6H2,1,3-4H3,(H,17,18,23);7,9-10,13,21-22H,1,5-6H2,2-4H3,(H3,16,18,19,23);8,10-11,14,20-21H,2,5-6H2,1,3-4H3,(H,18,25)(H,16,17,22)/t3*8-,10-,11-,14-;7-,9-,10-,13-;8-,10-,11-,14-/m11111/s1. The van der Waals surface area contributed by atoms with E-state index in [9.17, 15) is 75.0 Å². The van der Waals surface area contributed by atoms with Crippen molar-refractivity contribution < 1.29 is 74.7 Å². The molecule has 0 bridgehead atoms. The molecule has 0 aliphatic carbocycles. The van der Waals surface area contributed by atoms with E-state index in [2.05, 4.69) is 189 Å². The summed E-state index contributed by atoms with van der Waals surface area (Å²) in [5.41, 5.74) is 5.83. The van der Waals surface area contributed by atoms with Gasteiger partial charge in [-0.3, -0.25) is 51.8 Å². The molecule has 41 nitrogen and oxygen atoms in total. The number of aromatic amines is 6. The van der Waals surface area contributed by atoms with E-state index in [4.69, 9.17) is 53.2 Å². The predicted octanol–water partition coefficient (Wildman–Crippen LogP) is 3.41. The molecule has 5 saturated heterocycles. The van der Waals surface area contributed by atoms with Gasteiger partial charge < -0.3 is 105 Å². The normalized spacial score (nSPS) is 27.1. The summed E-state index contributed by atoms with van der Waals surface area (Å²) in [7, 11) is 0. The third-order valence-corrected chi connectivity index (χ3v) is 31.2. The second-order valence-electron chi connectivity index (χ2n) is 35.4. The summed E-state index contributed by atoms with van der Waals surface area (Å²) in [4.78, 5) is 114. The van der Waals surface area contributed by atoms with Crippen molar-refractivity contribution in [2.24, 2.45) is 0 Å². The highest BCUT2D eigenvalue weighted by molar-refractivity contribution is 14.1. The lowest BCUT2D eigenvalue weighted by atomic mass is 10.1. The van der Waals surface area contributed by atoms with E-state index >= 15 is 0 Å². The molecule has 696 valence electrons. The number of aryl methyl sites for hydroxylation is 4. The first-order valence-corrected chi connectivity index (χ1v) is 59.0. The fourth-order valence-electron chi connectivity index (χ4n) is 14.9. The van der Waals surface area contributed by atoms with Gasteiger partial charge in [-0.15, -0.1) is 65.9 Å². The molecule has 15 heterocycles. The number of aromatic nitrogens is 20. The van der Waals surface area contributed by atoms with Crippen molar-refractivity contribution in [3.8, 4) is 0 Å². The number of nitrogens with two attached hydrogens (primary N) is 1. The molecule has 0 spiro atoms. The first-order chi connectivity index (χ1) is 58.4. The summed E-state index contributed by atoms with van der Waals surface area (Å²) in [5.74, 6) is 1.64. The predicted molar refractivity (Wildman–Crippen MR) is 515 cm³/mol. The average Bonchev–Trinajstić information content (AvgIpc) is 1.63. The molecule has 51 heteroatoms. The highest BCUT2D eigenvalue weighted by Gasteiger charge is 2.50. The molecular formula is C75H113BrClIN21O20P5S2. The second kappa shape index (κ2) is 39.7. The topological polar surface area (TPSA) is 595 Å². The molecule has 10 aromatic rings. The maximum Gasteiger partial charge on any atom is 0.280 e. The molecule has 0 unspecified atom stereocenters. The van der Waals surface area contributed by atoms with E-state index in [0.717, 1.165) is 30.8 Å². The van der Waals surface area contributed by atoms with Gasteiger partial charge in [0.25, 0.3) is 27.8 Å². The van der Waals surface area contributed by atoms with Gasteiger partial charge in [0.1, 0.15) is 84.3 Å². The lowest BCUT2D eigenvalue weighted by Crippen LogP contribution is -2.32. The molecule has 126 heavy (non-hydrogen) atoms. The summed E-state index contributed by atoms with van der Waals surface area (Å²) >= 11 is 18.0. The van der Waals surface area contributed by atoms with E-state index in [1.165, 1.54) is 30.0 Å². The second-order valence-corrected chi connectivity index (χ2v) is 60.2. The van der Waals surface area contributed by atoms with Crippen molar-refractivity contribution in [1.82, 2.24) is 97.6 Å². The van der Waals surface area contributed by atoms with Crippen LogP contribution >= 0.6 is 109 Å². The van der Waals surface area contributed by atoms with Crippen molar-refractivity contribution in [2.75, 3.05) is 109 Å². The van der Waals surface area contributed by atoms with Crippen LogP contribution in [0.4, 0.5) is 5.95 Å². The van der Waals surface area contributed by atoms with E-state index in [1.807, 2.05) is 22.6 Å². The van der Waals surface area contributed by atoms with Crippen molar-refractivity contribution in [3.63, 3.8) is 0 Å². The lowest BCUT2D eigenvalue weighted by Gasteiger charge is -2.19. The third-order valence-electron chi connectivity index (χ3n) is 21.3. The number of hydrogen-bond acceptors (Lipinski definition) is 32. The maximum atomic E-state index is 12.1. The molecule has 5 aliphatic heterocycles. The number of nitrogens with zero attached hydrogens (tertiary/aromatic N) is 14. The highest BCUT2D eigenvalue weighted by Crippen LogP contribution is 2.47. The Morgan fingerprint density at radius 2 is 0.690 bits per heavy atom. The Bertz CT molecular complexity index is 5990. The smallest absolute Gasteiger partial charge is 0.280 e. The molecule has 18 N–H and O–H groups in total. The molecular weight excluding hydrogens is 1980 g/mol. The first kappa shape index (κ1) is 101. The van der Waals surface area contributed by atoms with Gasteiger partial charge in [-0.1, -0.05) is 11.8 Å². The first-order valence-electron chi connectivity index (χ1n) is 39.9. The van der Waals surface area contributed by atoms with Gasteiger partial charge in [0.05, 0.1) is 30.5 Å². The van der Waals surface area contributed by atoms with Crippen molar-refractivity contribution in [2.45, 2.75) is 188 Å². The zero-order valence-electron chi connectivity index (χ0n) is 72.2. The van der Waals surface area contributed by atoms with Crippen LogP contribution < -0.4 is 33.5 Å². The van der Waals surface area contributed by atoms with Crippen molar-refractivity contribution >= 4 is 202 Å². The van der Waals surface area contributed by atoms with Crippen LogP contribution in [0.2, 0.25) is 5.28 Å². The number of thioether (sulfide) groups is 1. The van der Waals surface area contributed by atoms with Crippen molar-refractivity contribution in [1.29, 1.82) is 0 Å². The van der Waals surface area contributed by atoms with Crippen LogP contribution in [0.1, 0.15) is 86.5 Å². The van der Waals surface area contributed by atoms with Gasteiger partial charge >= 0.3 is 0 Å². The van der Waals surface area contributed by atoms with Crippen LogP contribution in [0.25, 0.3) is 55.8 Å². The van der Waals surface area contributed by atoms with Crippen LogP contribution in [0.15, 0.2) is 33.9 Å². The van der Waals surface area contributed by atoms with Gasteiger partial charge in [-0.05, 0) is 203 Å². The summed E-state index contributed by atoms with van der Waals surface area (Å²) < 4.78 is 38.1. The average molecular weight is 2090 g/mol. The number of ether oxygens (including phenoxy) is 5. The monoisotopic (exact) mass is 2090 g/mol.